The zero-order valence-electron chi connectivity index (χ0n) is 10.9. The highest BCUT2D eigenvalue weighted by molar-refractivity contribution is 7.19. The Labute approximate surface area is 116 Å². The van der Waals surface area contributed by atoms with Crippen LogP contribution in [0.15, 0.2) is 18.2 Å². The first-order valence-corrected chi connectivity index (χ1v) is 6.92. The number of nitrogens with one attached hydrogen (secondary N) is 1. The van der Waals surface area contributed by atoms with Crippen LogP contribution in [0.25, 0.3) is 10.7 Å². The van der Waals surface area contributed by atoms with Crippen molar-refractivity contribution < 1.29 is 0 Å². The summed E-state index contributed by atoms with van der Waals surface area (Å²) < 4.78 is 0.751. The fourth-order valence-corrected chi connectivity index (χ4v) is 2.48. The monoisotopic (exact) mass is 281 g/mol. The van der Waals surface area contributed by atoms with E-state index in [1.807, 2.05) is 25.2 Å². The van der Waals surface area contributed by atoms with Gasteiger partial charge in [-0.3, -0.25) is 0 Å². The number of anilines is 1. The van der Waals surface area contributed by atoms with Crippen LogP contribution in [-0.4, -0.2) is 17.0 Å². The van der Waals surface area contributed by atoms with Gasteiger partial charge in [-0.25, -0.2) is 9.97 Å². The van der Waals surface area contributed by atoms with Gasteiger partial charge in [0.1, 0.15) is 5.82 Å². The summed E-state index contributed by atoms with van der Waals surface area (Å²) in [4.78, 5) is 10.1. The van der Waals surface area contributed by atoms with Crippen molar-refractivity contribution in [1.29, 1.82) is 0 Å². The Bertz CT molecular complexity index is 558. The van der Waals surface area contributed by atoms with E-state index in [0.717, 1.165) is 26.5 Å². The quantitative estimate of drug-likeness (QED) is 0.896. The average molecular weight is 282 g/mol. The van der Waals surface area contributed by atoms with Crippen molar-refractivity contribution in [2.24, 2.45) is 0 Å². The third-order valence-corrected chi connectivity index (χ3v) is 3.77. The van der Waals surface area contributed by atoms with Gasteiger partial charge in [-0.15, -0.1) is 11.3 Å². The lowest BCUT2D eigenvalue weighted by Gasteiger charge is -2.19. The second-order valence-corrected chi connectivity index (χ2v) is 6.78. The second kappa shape index (κ2) is 4.86. The van der Waals surface area contributed by atoms with E-state index >= 15 is 0 Å². The zero-order valence-corrected chi connectivity index (χ0v) is 12.5. The molecule has 2 rings (SSSR count). The lowest BCUT2D eigenvalue weighted by Crippen LogP contribution is -2.15. The van der Waals surface area contributed by atoms with Crippen LogP contribution in [-0.2, 0) is 5.41 Å². The van der Waals surface area contributed by atoms with Crippen LogP contribution in [0, 0.1) is 0 Å². The lowest BCUT2D eigenvalue weighted by atomic mass is 9.92. The SMILES string of the molecule is CNc1cc(C(C)(C)C)nc(-c2ccc(Cl)s2)n1. The molecule has 3 nitrogen and oxygen atoms in total. The van der Waals surface area contributed by atoms with Gasteiger partial charge in [0.2, 0.25) is 0 Å². The molecule has 0 unspecified atom stereocenters. The molecule has 0 radical (unpaired) electrons. The number of aromatic nitrogens is 2. The minimum atomic E-state index is -0.00958. The predicted molar refractivity (Wildman–Crippen MR) is 78.6 cm³/mol. The molecule has 0 fully saturated rings. The van der Waals surface area contributed by atoms with Crippen molar-refractivity contribution >= 4 is 28.8 Å². The van der Waals surface area contributed by atoms with Crippen LogP contribution in [0.2, 0.25) is 4.34 Å². The summed E-state index contributed by atoms with van der Waals surface area (Å²) in [5.41, 5.74) is 1.01. The highest BCUT2D eigenvalue weighted by atomic mass is 35.5. The number of halogens is 1. The van der Waals surface area contributed by atoms with Crippen molar-refractivity contribution in [3.8, 4) is 10.7 Å². The van der Waals surface area contributed by atoms with Crippen molar-refractivity contribution in [1.82, 2.24) is 9.97 Å². The molecule has 2 heterocycles. The largest absolute Gasteiger partial charge is 0.373 e. The molecule has 0 spiro atoms. The van der Waals surface area contributed by atoms with Crippen molar-refractivity contribution in [3.63, 3.8) is 0 Å². The van der Waals surface area contributed by atoms with E-state index in [9.17, 15) is 0 Å². The number of hydrogen-bond acceptors (Lipinski definition) is 4. The molecule has 0 aliphatic rings. The molecule has 2 aromatic heterocycles. The standard InChI is InChI=1S/C13H16ClN3S/c1-13(2,3)9-7-11(15-4)17-12(16-9)8-5-6-10(14)18-8/h5-7H,1-4H3,(H,15,16,17). The smallest absolute Gasteiger partial charge is 0.171 e. The highest BCUT2D eigenvalue weighted by Gasteiger charge is 2.18. The van der Waals surface area contributed by atoms with Gasteiger partial charge in [-0.05, 0) is 12.1 Å². The van der Waals surface area contributed by atoms with Gasteiger partial charge in [-0.1, -0.05) is 32.4 Å². The van der Waals surface area contributed by atoms with E-state index in [1.54, 1.807) is 0 Å². The molecule has 2 aromatic rings. The highest BCUT2D eigenvalue weighted by Crippen LogP contribution is 2.31. The number of hydrogen-bond donors (Lipinski definition) is 1. The molecule has 0 aliphatic heterocycles. The summed E-state index contributed by atoms with van der Waals surface area (Å²) in [6.07, 6.45) is 0. The van der Waals surface area contributed by atoms with Gasteiger partial charge in [0, 0.05) is 18.5 Å². The van der Waals surface area contributed by atoms with Gasteiger partial charge in [0.25, 0.3) is 0 Å². The van der Waals surface area contributed by atoms with Gasteiger partial charge < -0.3 is 5.32 Å². The Morgan fingerprint density at radius 2 is 1.94 bits per heavy atom. The summed E-state index contributed by atoms with van der Waals surface area (Å²) in [7, 11) is 1.86. The number of rotatable bonds is 2. The molecule has 0 aliphatic carbocycles. The molecular formula is C13H16ClN3S. The molecule has 5 heteroatoms. The molecular weight excluding hydrogens is 266 g/mol. The first-order valence-electron chi connectivity index (χ1n) is 5.73. The van der Waals surface area contributed by atoms with E-state index in [4.69, 9.17) is 11.6 Å². The van der Waals surface area contributed by atoms with E-state index in [-0.39, 0.29) is 5.41 Å². The van der Waals surface area contributed by atoms with Crippen molar-refractivity contribution in [2.45, 2.75) is 26.2 Å². The van der Waals surface area contributed by atoms with Crippen LogP contribution < -0.4 is 5.32 Å². The van der Waals surface area contributed by atoms with E-state index in [2.05, 4.69) is 36.1 Å². The zero-order chi connectivity index (χ0) is 13.3. The Morgan fingerprint density at radius 1 is 1.22 bits per heavy atom. The van der Waals surface area contributed by atoms with E-state index < -0.39 is 0 Å². The maximum absolute atomic E-state index is 5.96. The average Bonchev–Trinajstić information content (AvgIpc) is 2.74. The Balaban J connectivity index is 2.54. The summed E-state index contributed by atoms with van der Waals surface area (Å²) >= 11 is 7.45. The maximum Gasteiger partial charge on any atom is 0.171 e. The molecule has 96 valence electrons. The van der Waals surface area contributed by atoms with Crippen molar-refractivity contribution in [3.05, 3.63) is 28.2 Å². The normalized spacial score (nSPS) is 11.6. The first-order chi connectivity index (χ1) is 8.40. The van der Waals surface area contributed by atoms with Crippen LogP contribution >= 0.6 is 22.9 Å². The summed E-state index contributed by atoms with van der Waals surface area (Å²) in [5.74, 6) is 1.55. The predicted octanol–water partition coefficient (Wildman–Crippen LogP) is 4.20. The van der Waals surface area contributed by atoms with Crippen molar-refractivity contribution in [2.75, 3.05) is 12.4 Å². The first kappa shape index (κ1) is 13.3. The Morgan fingerprint density at radius 3 is 2.44 bits per heavy atom. The molecule has 18 heavy (non-hydrogen) atoms. The lowest BCUT2D eigenvalue weighted by molar-refractivity contribution is 0.568. The van der Waals surface area contributed by atoms with E-state index in [0.29, 0.717) is 0 Å². The van der Waals surface area contributed by atoms with Gasteiger partial charge in [0.15, 0.2) is 5.82 Å². The number of thiophene rings is 1. The van der Waals surface area contributed by atoms with Crippen LogP contribution in [0.5, 0.6) is 0 Å². The second-order valence-electron chi connectivity index (χ2n) is 5.07. The molecule has 0 amide bonds. The van der Waals surface area contributed by atoms with E-state index in [1.165, 1.54) is 11.3 Å². The third-order valence-electron chi connectivity index (χ3n) is 2.54. The fourth-order valence-electron chi connectivity index (χ4n) is 1.50. The molecule has 0 aromatic carbocycles. The van der Waals surface area contributed by atoms with Crippen LogP contribution in [0.4, 0.5) is 5.82 Å². The minimum absolute atomic E-state index is 0.00958. The van der Waals surface area contributed by atoms with Gasteiger partial charge >= 0.3 is 0 Å². The Kier molecular flexibility index (Phi) is 3.59. The van der Waals surface area contributed by atoms with Gasteiger partial charge in [0.05, 0.1) is 14.9 Å². The number of nitrogens with zero attached hydrogens (tertiary/aromatic N) is 2. The third kappa shape index (κ3) is 2.82. The van der Waals surface area contributed by atoms with Crippen LogP contribution in [0.3, 0.4) is 0 Å². The molecule has 0 bridgehead atoms. The topological polar surface area (TPSA) is 37.8 Å². The fraction of sp³-hybridized carbons (Fsp3) is 0.385. The van der Waals surface area contributed by atoms with Gasteiger partial charge in [-0.2, -0.15) is 0 Å². The summed E-state index contributed by atoms with van der Waals surface area (Å²) in [5, 5.41) is 3.08. The van der Waals surface area contributed by atoms with Crippen LogP contribution in [0.1, 0.15) is 26.5 Å². The molecule has 1 N–H and O–H groups in total. The maximum atomic E-state index is 5.96. The molecule has 0 saturated carbocycles. The Hall–Kier alpha value is -1.13. The molecule has 0 saturated heterocycles. The summed E-state index contributed by atoms with van der Waals surface area (Å²) in [6, 6.07) is 5.81. The molecule has 0 atom stereocenters. The summed E-state index contributed by atoms with van der Waals surface area (Å²) in [6.45, 7) is 6.42. The minimum Gasteiger partial charge on any atom is -0.373 e.